The molecule has 100 valence electrons. The Bertz CT molecular complexity index is 555. The molecule has 1 unspecified atom stereocenters. The molecule has 19 heavy (non-hydrogen) atoms. The summed E-state index contributed by atoms with van der Waals surface area (Å²) < 4.78 is 13.3. The molecule has 4 heteroatoms. The summed E-state index contributed by atoms with van der Waals surface area (Å²) >= 11 is 6.10. The largest absolute Gasteiger partial charge is 0.271 e. The molecule has 0 radical (unpaired) electrons. The van der Waals surface area contributed by atoms with E-state index in [-0.39, 0.29) is 11.9 Å². The van der Waals surface area contributed by atoms with Crippen molar-refractivity contribution >= 4 is 11.6 Å². The molecule has 0 aliphatic rings. The van der Waals surface area contributed by atoms with Crippen LogP contribution in [0.5, 0.6) is 0 Å². The minimum absolute atomic E-state index is 0.217. The molecule has 0 saturated heterocycles. The molecule has 3 N–H and O–H groups in total. The van der Waals surface area contributed by atoms with E-state index < -0.39 is 0 Å². The highest BCUT2D eigenvalue weighted by molar-refractivity contribution is 6.31. The summed E-state index contributed by atoms with van der Waals surface area (Å²) in [5, 5.41) is 0.511. The van der Waals surface area contributed by atoms with Gasteiger partial charge in [0.25, 0.3) is 0 Å². The summed E-state index contributed by atoms with van der Waals surface area (Å²) in [6.07, 6.45) is 0.653. The second-order valence-electron chi connectivity index (χ2n) is 4.57. The molecular weight excluding hydrogens is 263 g/mol. The Balaban J connectivity index is 2.24. The zero-order chi connectivity index (χ0) is 13.8. The van der Waals surface area contributed by atoms with Crippen LogP contribution in [0, 0.1) is 12.7 Å². The van der Waals surface area contributed by atoms with Gasteiger partial charge in [-0.15, -0.1) is 0 Å². The Morgan fingerprint density at radius 3 is 2.53 bits per heavy atom. The second-order valence-corrected chi connectivity index (χ2v) is 4.98. The van der Waals surface area contributed by atoms with E-state index in [0.29, 0.717) is 17.0 Å². The van der Waals surface area contributed by atoms with Crippen LogP contribution in [0.15, 0.2) is 42.5 Å². The predicted molar refractivity (Wildman–Crippen MR) is 76.4 cm³/mol. The molecule has 0 aliphatic heterocycles. The van der Waals surface area contributed by atoms with E-state index in [0.717, 1.165) is 5.56 Å². The summed E-state index contributed by atoms with van der Waals surface area (Å²) in [5.41, 5.74) is 5.69. The van der Waals surface area contributed by atoms with Gasteiger partial charge in [0.15, 0.2) is 0 Å². The fourth-order valence-electron chi connectivity index (χ4n) is 2.00. The van der Waals surface area contributed by atoms with Crippen molar-refractivity contribution in [2.75, 3.05) is 0 Å². The summed E-state index contributed by atoms with van der Waals surface area (Å²) in [6, 6.07) is 12.2. The van der Waals surface area contributed by atoms with Gasteiger partial charge in [-0.3, -0.25) is 11.3 Å². The van der Waals surface area contributed by atoms with Crippen LogP contribution in [0.1, 0.15) is 22.7 Å². The first kappa shape index (κ1) is 14.0. The molecule has 1 atom stereocenters. The number of aryl methyl sites for hydroxylation is 1. The lowest BCUT2D eigenvalue weighted by atomic mass is 9.98. The molecule has 0 spiro atoms. The third-order valence-electron chi connectivity index (χ3n) is 3.10. The summed E-state index contributed by atoms with van der Waals surface area (Å²) in [4.78, 5) is 0. The SMILES string of the molecule is Cc1ccc(CC(NN)c2cc(F)ccc2Cl)cc1. The molecule has 0 amide bonds. The summed E-state index contributed by atoms with van der Waals surface area (Å²) in [6.45, 7) is 2.03. The molecule has 2 nitrogen and oxygen atoms in total. The van der Waals surface area contributed by atoms with Crippen LogP contribution >= 0.6 is 11.6 Å². The number of nitrogens with two attached hydrogens (primary N) is 1. The fourth-order valence-corrected chi connectivity index (χ4v) is 2.25. The molecule has 0 aliphatic carbocycles. The van der Waals surface area contributed by atoms with E-state index in [4.69, 9.17) is 17.4 Å². The van der Waals surface area contributed by atoms with Crippen LogP contribution in [0.2, 0.25) is 5.02 Å². The van der Waals surface area contributed by atoms with E-state index in [1.54, 1.807) is 6.07 Å². The number of rotatable bonds is 4. The van der Waals surface area contributed by atoms with Crippen LogP contribution in [-0.4, -0.2) is 0 Å². The number of halogens is 2. The molecule has 2 aromatic carbocycles. The van der Waals surface area contributed by atoms with E-state index >= 15 is 0 Å². The van der Waals surface area contributed by atoms with Crippen LogP contribution in [-0.2, 0) is 6.42 Å². The van der Waals surface area contributed by atoms with Crippen molar-refractivity contribution in [3.63, 3.8) is 0 Å². The first-order valence-corrected chi connectivity index (χ1v) is 6.44. The van der Waals surface area contributed by atoms with Crippen molar-refractivity contribution in [3.05, 3.63) is 70.0 Å². The maximum absolute atomic E-state index is 13.3. The highest BCUT2D eigenvalue weighted by Gasteiger charge is 2.14. The number of nitrogens with one attached hydrogen (secondary N) is 1. The van der Waals surface area contributed by atoms with Crippen LogP contribution < -0.4 is 11.3 Å². The summed E-state index contributed by atoms with van der Waals surface area (Å²) in [7, 11) is 0. The number of hydrazine groups is 1. The quantitative estimate of drug-likeness (QED) is 0.663. The normalized spacial score (nSPS) is 12.4. The average Bonchev–Trinajstić information content (AvgIpc) is 2.41. The number of hydrogen-bond acceptors (Lipinski definition) is 2. The molecular formula is C15H16ClFN2. The van der Waals surface area contributed by atoms with Gasteiger partial charge in [-0.1, -0.05) is 41.4 Å². The molecule has 0 aromatic heterocycles. The summed E-state index contributed by atoms with van der Waals surface area (Å²) in [5.74, 6) is 5.25. The Morgan fingerprint density at radius 1 is 1.21 bits per heavy atom. The Labute approximate surface area is 117 Å². The van der Waals surface area contributed by atoms with Crippen molar-refractivity contribution < 1.29 is 4.39 Å². The third-order valence-corrected chi connectivity index (χ3v) is 3.44. The van der Waals surface area contributed by atoms with E-state index in [9.17, 15) is 4.39 Å². The monoisotopic (exact) mass is 278 g/mol. The average molecular weight is 279 g/mol. The van der Waals surface area contributed by atoms with Gasteiger partial charge in [-0.05, 0) is 42.7 Å². The molecule has 0 bridgehead atoms. The van der Waals surface area contributed by atoms with E-state index in [1.165, 1.54) is 17.7 Å². The lowest BCUT2D eigenvalue weighted by molar-refractivity contribution is 0.544. The van der Waals surface area contributed by atoms with Gasteiger partial charge in [0.1, 0.15) is 5.82 Å². The molecule has 0 heterocycles. The maximum atomic E-state index is 13.3. The van der Waals surface area contributed by atoms with Crippen LogP contribution in [0.4, 0.5) is 4.39 Å². The standard InChI is InChI=1S/C15H16ClFN2/c1-10-2-4-11(5-3-10)8-15(19-18)13-9-12(17)6-7-14(13)16/h2-7,9,15,19H,8,18H2,1H3. The van der Waals surface area contributed by atoms with Crippen LogP contribution in [0.3, 0.4) is 0 Å². The molecule has 0 saturated carbocycles. The van der Waals surface area contributed by atoms with Crippen molar-refractivity contribution in [2.45, 2.75) is 19.4 Å². The molecule has 0 fully saturated rings. The van der Waals surface area contributed by atoms with Crippen molar-refractivity contribution in [3.8, 4) is 0 Å². The number of hydrogen-bond donors (Lipinski definition) is 2. The first-order chi connectivity index (χ1) is 9.10. The predicted octanol–water partition coefficient (Wildman–Crippen LogP) is 3.53. The molecule has 2 rings (SSSR count). The van der Waals surface area contributed by atoms with Crippen molar-refractivity contribution in [1.29, 1.82) is 0 Å². The van der Waals surface area contributed by atoms with E-state index in [1.807, 2.05) is 31.2 Å². The zero-order valence-corrected chi connectivity index (χ0v) is 11.4. The highest BCUT2D eigenvalue weighted by Crippen LogP contribution is 2.26. The van der Waals surface area contributed by atoms with Crippen molar-refractivity contribution in [1.82, 2.24) is 5.43 Å². The minimum Gasteiger partial charge on any atom is -0.271 e. The lowest BCUT2D eigenvalue weighted by Gasteiger charge is -2.18. The minimum atomic E-state index is -0.316. The van der Waals surface area contributed by atoms with Gasteiger partial charge in [0.05, 0.1) is 6.04 Å². The third kappa shape index (κ3) is 3.53. The second kappa shape index (κ2) is 6.15. The van der Waals surface area contributed by atoms with Gasteiger partial charge in [-0.2, -0.15) is 0 Å². The van der Waals surface area contributed by atoms with Crippen LogP contribution in [0.25, 0.3) is 0 Å². The maximum Gasteiger partial charge on any atom is 0.123 e. The number of benzene rings is 2. The van der Waals surface area contributed by atoms with Gasteiger partial charge in [-0.25, -0.2) is 4.39 Å². The van der Waals surface area contributed by atoms with E-state index in [2.05, 4.69) is 5.43 Å². The van der Waals surface area contributed by atoms with Gasteiger partial charge in [0.2, 0.25) is 0 Å². The van der Waals surface area contributed by atoms with Crippen molar-refractivity contribution in [2.24, 2.45) is 5.84 Å². The Kier molecular flexibility index (Phi) is 4.53. The Hall–Kier alpha value is -1.42. The van der Waals surface area contributed by atoms with Gasteiger partial charge in [0, 0.05) is 5.02 Å². The Morgan fingerprint density at radius 2 is 1.89 bits per heavy atom. The lowest BCUT2D eigenvalue weighted by Crippen LogP contribution is -2.29. The zero-order valence-electron chi connectivity index (χ0n) is 10.7. The van der Waals surface area contributed by atoms with Gasteiger partial charge >= 0.3 is 0 Å². The fraction of sp³-hybridized carbons (Fsp3) is 0.200. The molecule has 2 aromatic rings. The smallest absolute Gasteiger partial charge is 0.123 e. The van der Waals surface area contributed by atoms with Gasteiger partial charge < -0.3 is 0 Å². The topological polar surface area (TPSA) is 38.0 Å². The first-order valence-electron chi connectivity index (χ1n) is 6.07. The highest BCUT2D eigenvalue weighted by atomic mass is 35.5.